The highest BCUT2D eigenvalue weighted by Crippen LogP contribution is 2.34. The number of methoxy groups -OCH3 is 1. The number of nitrogens with two attached hydrogens (primary N) is 1. The van der Waals surface area contributed by atoms with E-state index in [1.54, 1.807) is 12.1 Å². The van der Waals surface area contributed by atoms with E-state index in [2.05, 4.69) is 16.9 Å². The summed E-state index contributed by atoms with van der Waals surface area (Å²) < 4.78 is 4.74. The maximum Gasteiger partial charge on any atom is 0.356 e. The quantitative estimate of drug-likeness (QED) is 0.366. The number of carbonyl (C=O) groups excluding carboxylic acids is 1. The number of halogens is 1. The van der Waals surface area contributed by atoms with E-state index in [-0.39, 0.29) is 16.6 Å². The van der Waals surface area contributed by atoms with Gasteiger partial charge in [0.05, 0.1) is 12.8 Å². The summed E-state index contributed by atoms with van der Waals surface area (Å²) in [6.45, 7) is 3.91. The molecule has 0 heterocycles. The monoisotopic (exact) mass is 319 g/mol. The highest BCUT2D eigenvalue weighted by Gasteiger charge is 2.27. The summed E-state index contributed by atoms with van der Waals surface area (Å²) in [5.41, 5.74) is 7.32. The lowest BCUT2D eigenvalue weighted by Gasteiger charge is -2.13. The highest BCUT2D eigenvalue weighted by molar-refractivity contribution is 6.44. The van der Waals surface area contributed by atoms with Crippen LogP contribution < -0.4 is 11.1 Å². The number of rotatable bonds is 6. The Balaban J connectivity index is 2.28. The smallest absolute Gasteiger partial charge is 0.356 e. The van der Waals surface area contributed by atoms with Crippen molar-refractivity contribution in [1.82, 2.24) is 5.32 Å². The van der Waals surface area contributed by atoms with E-state index >= 15 is 0 Å². The molecule has 0 radical (unpaired) electrons. The minimum atomic E-state index is -0.613. The third kappa shape index (κ3) is 4.11. The van der Waals surface area contributed by atoms with Crippen LogP contribution in [0.1, 0.15) is 12.8 Å². The van der Waals surface area contributed by atoms with Crippen molar-refractivity contribution in [2.75, 3.05) is 7.11 Å². The number of benzene rings is 1. The van der Waals surface area contributed by atoms with E-state index in [9.17, 15) is 4.79 Å². The van der Waals surface area contributed by atoms with Gasteiger partial charge >= 0.3 is 5.97 Å². The fourth-order valence-corrected chi connectivity index (χ4v) is 1.98. The van der Waals surface area contributed by atoms with Crippen molar-refractivity contribution in [3.63, 3.8) is 0 Å². The summed E-state index contributed by atoms with van der Waals surface area (Å²) in [6.07, 6.45) is 2.09. The molecule has 1 aliphatic rings. The number of ether oxygens (including phenoxy) is 1. The summed E-state index contributed by atoms with van der Waals surface area (Å²) >= 11 is 6.21. The number of para-hydroxylation sites is 1. The normalized spacial score (nSPS) is 15.8. The van der Waals surface area contributed by atoms with Crippen LogP contribution in [0.25, 0.3) is 0 Å². The van der Waals surface area contributed by atoms with Crippen molar-refractivity contribution in [2.24, 2.45) is 16.6 Å². The Hall–Kier alpha value is -2.27. The summed E-state index contributed by atoms with van der Waals surface area (Å²) in [5, 5.41) is 2.93. The van der Waals surface area contributed by atoms with Gasteiger partial charge in [-0.25, -0.2) is 9.79 Å². The van der Waals surface area contributed by atoms with Gasteiger partial charge in [0.1, 0.15) is 16.6 Å². The molecule has 6 heteroatoms. The third-order valence-electron chi connectivity index (χ3n) is 3.20. The van der Waals surface area contributed by atoms with Gasteiger partial charge in [-0.2, -0.15) is 0 Å². The molecule has 0 unspecified atom stereocenters. The van der Waals surface area contributed by atoms with Crippen LogP contribution in [0.4, 0.5) is 5.69 Å². The average Bonchev–Trinajstić information content (AvgIpc) is 3.36. The van der Waals surface area contributed by atoms with Crippen LogP contribution in [-0.4, -0.2) is 18.9 Å². The number of hydrogen-bond donors (Lipinski definition) is 2. The first kappa shape index (κ1) is 16.1. The van der Waals surface area contributed by atoms with Crippen LogP contribution in [-0.2, 0) is 9.53 Å². The molecule has 0 saturated heterocycles. The first-order chi connectivity index (χ1) is 10.5. The Labute approximate surface area is 134 Å². The summed E-state index contributed by atoms with van der Waals surface area (Å²) in [6, 6.07) is 9.10. The minimum Gasteiger partial charge on any atom is -0.464 e. The van der Waals surface area contributed by atoms with Gasteiger partial charge in [-0.3, -0.25) is 0 Å². The van der Waals surface area contributed by atoms with Crippen molar-refractivity contribution in [2.45, 2.75) is 12.8 Å². The molecular weight excluding hydrogens is 302 g/mol. The Morgan fingerprint density at radius 2 is 2.05 bits per heavy atom. The zero-order valence-corrected chi connectivity index (χ0v) is 13.1. The van der Waals surface area contributed by atoms with Crippen LogP contribution in [0.5, 0.6) is 0 Å². The van der Waals surface area contributed by atoms with E-state index < -0.39 is 5.97 Å². The third-order valence-corrected chi connectivity index (χ3v) is 3.58. The Bertz CT molecular complexity index is 634. The molecule has 116 valence electrons. The van der Waals surface area contributed by atoms with E-state index in [1.165, 1.54) is 7.11 Å². The number of nitrogens with zero attached hydrogens (tertiary/aromatic N) is 1. The summed E-state index contributed by atoms with van der Waals surface area (Å²) in [4.78, 5) is 16.1. The molecule has 1 aliphatic carbocycles. The van der Waals surface area contributed by atoms with Crippen LogP contribution in [0.15, 0.2) is 58.3 Å². The SMILES string of the molecule is C=C(NC(C(=O)OC)=C(Cl)C(N)=Nc1ccccc1)C1CC1. The predicted molar refractivity (Wildman–Crippen MR) is 87.6 cm³/mol. The molecule has 1 aromatic carbocycles. The standard InChI is InChI=1S/C16H18ClN3O2/c1-10(11-8-9-11)19-14(16(21)22-2)13(17)15(18)20-12-6-4-3-5-7-12/h3-7,11,19H,1,8-9H2,2H3,(H2,18,20). The fraction of sp³-hybridized carbons (Fsp3) is 0.250. The second-order valence-electron chi connectivity index (χ2n) is 4.94. The van der Waals surface area contributed by atoms with Gasteiger partial charge in [0.15, 0.2) is 0 Å². The maximum atomic E-state index is 11.9. The van der Waals surface area contributed by atoms with E-state index in [4.69, 9.17) is 22.1 Å². The lowest BCUT2D eigenvalue weighted by molar-refractivity contribution is -0.136. The van der Waals surface area contributed by atoms with Crippen molar-refractivity contribution >= 4 is 29.1 Å². The zero-order chi connectivity index (χ0) is 16.1. The molecule has 3 N–H and O–H groups in total. The van der Waals surface area contributed by atoms with Crippen molar-refractivity contribution in [3.8, 4) is 0 Å². The summed E-state index contributed by atoms with van der Waals surface area (Å²) in [7, 11) is 1.28. The predicted octanol–water partition coefficient (Wildman–Crippen LogP) is 2.81. The van der Waals surface area contributed by atoms with Gasteiger partial charge in [-0.1, -0.05) is 36.4 Å². The number of hydrogen-bond acceptors (Lipinski definition) is 4. The number of allylic oxidation sites excluding steroid dienone is 1. The van der Waals surface area contributed by atoms with Crippen molar-refractivity contribution < 1.29 is 9.53 Å². The molecule has 22 heavy (non-hydrogen) atoms. The molecular formula is C16H18ClN3O2. The zero-order valence-electron chi connectivity index (χ0n) is 12.3. The fourth-order valence-electron chi connectivity index (χ4n) is 1.81. The highest BCUT2D eigenvalue weighted by atomic mass is 35.5. The maximum absolute atomic E-state index is 11.9. The van der Waals surface area contributed by atoms with Crippen LogP contribution >= 0.6 is 11.6 Å². The lowest BCUT2D eigenvalue weighted by Crippen LogP contribution is -2.26. The van der Waals surface area contributed by atoms with Gasteiger partial charge in [0.25, 0.3) is 0 Å². The second-order valence-corrected chi connectivity index (χ2v) is 5.32. The average molecular weight is 320 g/mol. The van der Waals surface area contributed by atoms with E-state index in [1.807, 2.05) is 18.2 Å². The first-order valence-corrected chi connectivity index (χ1v) is 7.24. The molecule has 0 spiro atoms. The van der Waals surface area contributed by atoms with Crippen LogP contribution in [0.3, 0.4) is 0 Å². The number of aliphatic imine (C=N–C) groups is 1. The molecule has 2 rings (SSSR count). The molecule has 0 atom stereocenters. The number of amidine groups is 1. The van der Waals surface area contributed by atoms with E-state index in [0.717, 1.165) is 18.5 Å². The number of nitrogens with one attached hydrogen (secondary N) is 1. The first-order valence-electron chi connectivity index (χ1n) is 6.86. The van der Waals surface area contributed by atoms with Gasteiger partial charge in [0, 0.05) is 5.70 Å². The van der Waals surface area contributed by atoms with Crippen LogP contribution in [0, 0.1) is 5.92 Å². The molecule has 1 saturated carbocycles. The Morgan fingerprint density at radius 3 is 2.59 bits per heavy atom. The lowest BCUT2D eigenvalue weighted by atomic mass is 10.2. The van der Waals surface area contributed by atoms with Gasteiger partial charge in [-0.05, 0) is 30.9 Å². The molecule has 0 aliphatic heterocycles. The molecule has 1 fully saturated rings. The van der Waals surface area contributed by atoms with Gasteiger partial charge in [0.2, 0.25) is 0 Å². The molecule has 5 nitrogen and oxygen atoms in total. The molecule has 0 amide bonds. The Morgan fingerprint density at radius 1 is 1.41 bits per heavy atom. The topological polar surface area (TPSA) is 76.7 Å². The van der Waals surface area contributed by atoms with Gasteiger partial charge < -0.3 is 15.8 Å². The van der Waals surface area contributed by atoms with Crippen molar-refractivity contribution in [3.05, 3.63) is 53.3 Å². The largest absolute Gasteiger partial charge is 0.464 e. The van der Waals surface area contributed by atoms with E-state index in [0.29, 0.717) is 11.6 Å². The van der Waals surface area contributed by atoms with Crippen LogP contribution in [0.2, 0.25) is 0 Å². The molecule has 1 aromatic rings. The second kappa shape index (κ2) is 7.13. The van der Waals surface area contributed by atoms with Gasteiger partial charge in [-0.15, -0.1) is 0 Å². The number of esters is 1. The Kier molecular flexibility index (Phi) is 5.22. The minimum absolute atomic E-state index is 0.0116. The van der Waals surface area contributed by atoms with Crippen molar-refractivity contribution in [1.29, 1.82) is 0 Å². The molecule has 0 aromatic heterocycles. The summed E-state index contributed by atoms with van der Waals surface area (Å²) in [5.74, 6) is -0.223. The molecule has 0 bridgehead atoms. The number of carbonyl (C=O) groups is 1.